The number of nitrogens with one attached hydrogen (secondary N) is 2. The van der Waals surface area contributed by atoms with Gasteiger partial charge in [-0.25, -0.2) is 0 Å². The average molecular weight is 180 g/mol. The molecule has 0 atom stereocenters. The predicted molar refractivity (Wildman–Crippen MR) is 56.6 cm³/mol. The summed E-state index contributed by atoms with van der Waals surface area (Å²) in [5.41, 5.74) is 0.471. The maximum Gasteiger partial charge on any atom is 1.00 e. The Morgan fingerprint density at radius 3 is 1.15 bits per heavy atom. The van der Waals surface area contributed by atoms with E-state index in [2.05, 4.69) is 52.2 Å². The van der Waals surface area contributed by atoms with Crippen LogP contribution in [0, 0.1) is 0 Å². The molecule has 0 rings (SSSR count). The Morgan fingerprint density at radius 1 is 0.769 bits per heavy atom. The minimum Gasteiger partial charge on any atom is -1.00 e. The van der Waals surface area contributed by atoms with E-state index >= 15 is 0 Å². The van der Waals surface area contributed by atoms with Crippen LogP contribution in [0.5, 0.6) is 0 Å². The average Bonchev–Trinajstić information content (AvgIpc) is 1.76. The van der Waals surface area contributed by atoms with Crippen molar-refractivity contribution in [2.24, 2.45) is 0 Å². The van der Waals surface area contributed by atoms with Crippen molar-refractivity contribution >= 4 is 0 Å². The Kier molecular flexibility index (Phi) is 7.47. The molecule has 76 valence electrons. The van der Waals surface area contributed by atoms with E-state index < -0.39 is 0 Å². The molecule has 0 aliphatic heterocycles. The van der Waals surface area contributed by atoms with Gasteiger partial charge in [-0.3, -0.25) is 0 Å². The molecule has 0 unspecified atom stereocenters. The fourth-order valence-corrected chi connectivity index (χ4v) is 0.875. The largest absolute Gasteiger partial charge is 1.00 e. The molecule has 2 N–H and O–H groups in total. The van der Waals surface area contributed by atoms with Crippen LogP contribution in [0.15, 0.2) is 0 Å². The molecule has 0 fully saturated rings. The van der Waals surface area contributed by atoms with Gasteiger partial charge in [-0.1, -0.05) is 0 Å². The van der Waals surface area contributed by atoms with Crippen molar-refractivity contribution in [3.8, 4) is 0 Å². The molecule has 0 saturated carbocycles. The van der Waals surface area contributed by atoms with Gasteiger partial charge in [0.05, 0.1) is 0 Å². The standard InChI is InChI=1S/C10H24N2.Li.H/c1-9(2,3)11-7-8-12-10(4,5)6;;/h11-12H,7-8H2,1-6H3;;/q;+1;-1. The van der Waals surface area contributed by atoms with Crippen molar-refractivity contribution < 1.29 is 20.3 Å². The van der Waals surface area contributed by atoms with Gasteiger partial charge in [-0.05, 0) is 41.5 Å². The summed E-state index contributed by atoms with van der Waals surface area (Å²) < 4.78 is 0. The number of hydrogen-bond donors (Lipinski definition) is 2. The monoisotopic (exact) mass is 180 g/mol. The van der Waals surface area contributed by atoms with E-state index in [9.17, 15) is 0 Å². The molecule has 0 aromatic rings. The molecule has 0 radical (unpaired) electrons. The summed E-state index contributed by atoms with van der Waals surface area (Å²) in [5, 5.41) is 6.86. The van der Waals surface area contributed by atoms with Gasteiger partial charge in [-0.15, -0.1) is 0 Å². The summed E-state index contributed by atoms with van der Waals surface area (Å²) in [7, 11) is 0. The molecular formula is C10H25LiN2. The molecule has 0 heterocycles. The summed E-state index contributed by atoms with van der Waals surface area (Å²) in [6, 6.07) is 0. The first-order valence-electron chi connectivity index (χ1n) is 4.71. The van der Waals surface area contributed by atoms with E-state index in [1.807, 2.05) is 0 Å². The first-order chi connectivity index (χ1) is 5.21. The second-order valence-electron chi connectivity index (χ2n) is 5.35. The zero-order chi connectivity index (χ0) is 9.83. The van der Waals surface area contributed by atoms with Crippen molar-refractivity contribution in [3.05, 3.63) is 0 Å². The Bertz CT molecular complexity index is 111. The Morgan fingerprint density at radius 2 is 1.00 bits per heavy atom. The number of hydrogen-bond acceptors (Lipinski definition) is 2. The molecule has 0 bridgehead atoms. The summed E-state index contributed by atoms with van der Waals surface area (Å²) in [6.07, 6.45) is 0. The fraction of sp³-hybridized carbons (Fsp3) is 1.00. The third-order valence-corrected chi connectivity index (χ3v) is 1.44. The van der Waals surface area contributed by atoms with Crippen LogP contribution in [0.2, 0.25) is 0 Å². The first kappa shape index (κ1) is 16.0. The topological polar surface area (TPSA) is 24.1 Å². The van der Waals surface area contributed by atoms with Gasteiger partial charge in [0.1, 0.15) is 0 Å². The maximum absolute atomic E-state index is 3.43. The van der Waals surface area contributed by atoms with Crippen LogP contribution in [0.4, 0.5) is 0 Å². The Labute approximate surface area is 96.9 Å². The van der Waals surface area contributed by atoms with Gasteiger partial charge < -0.3 is 12.1 Å². The van der Waals surface area contributed by atoms with Crippen molar-refractivity contribution in [2.75, 3.05) is 13.1 Å². The second kappa shape index (κ2) is 6.09. The fourth-order valence-electron chi connectivity index (χ4n) is 0.875. The zero-order valence-corrected chi connectivity index (χ0v) is 10.4. The summed E-state index contributed by atoms with van der Waals surface area (Å²) in [4.78, 5) is 0. The van der Waals surface area contributed by atoms with E-state index in [4.69, 9.17) is 0 Å². The molecule has 0 aliphatic rings. The predicted octanol–water partition coefficient (Wildman–Crippen LogP) is -1.12. The molecule has 0 aromatic carbocycles. The molecule has 2 nitrogen and oxygen atoms in total. The van der Waals surface area contributed by atoms with Crippen molar-refractivity contribution in [1.29, 1.82) is 0 Å². The van der Waals surface area contributed by atoms with Crippen LogP contribution in [-0.4, -0.2) is 24.2 Å². The normalized spacial score (nSPS) is 12.5. The van der Waals surface area contributed by atoms with Gasteiger partial charge >= 0.3 is 18.9 Å². The van der Waals surface area contributed by atoms with Crippen molar-refractivity contribution in [2.45, 2.75) is 52.6 Å². The number of rotatable bonds is 3. The van der Waals surface area contributed by atoms with E-state index in [1.54, 1.807) is 0 Å². The molecule has 0 aliphatic carbocycles. The third-order valence-electron chi connectivity index (χ3n) is 1.44. The van der Waals surface area contributed by atoms with E-state index in [-0.39, 0.29) is 31.4 Å². The van der Waals surface area contributed by atoms with Crippen molar-refractivity contribution in [1.82, 2.24) is 10.6 Å². The van der Waals surface area contributed by atoms with Gasteiger partial charge in [0.25, 0.3) is 0 Å². The van der Waals surface area contributed by atoms with Crippen LogP contribution in [-0.2, 0) is 0 Å². The molecule has 0 aromatic heterocycles. The maximum atomic E-state index is 3.43. The summed E-state index contributed by atoms with van der Waals surface area (Å²) in [5.74, 6) is 0. The van der Waals surface area contributed by atoms with Gasteiger partial charge in [0, 0.05) is 24.2 Å². The first-order valence-corrected chi connectivity index (χ1v) is 4.71. The molecule has 13 heavy (non-hydrogen) atoms. The third kappa shape index (κ3) is 15.3. The van der Waals surface area contributed by atoms with Gasteiger partial charge in [-0.2, -0.15) is 0 Å². The van der Waals surface area contributed by atoms with Crippen LogP contribution < -0.4 is 29.5 Å². The van der Waals surface area contributed by atoms with E-state index in [1.165, 1.54) is 0 Å². The van der Waals surface area contributed by atoms with Crippen LogP contribution in [0.1, 0.15) is 43.0 Å². The van der Waals surface area contributed by atoms with Gasteiger partial charge in [0.2, 0.25) is 0 Å². The van der Waals surface area contributed by atoms with Crippen LogP contribution in [0.25, 0.3) is 0 Å². The van der Waals surface area contributed by atoms with Gasteiger partial charge in [0.15, 0.2) is 0 Å². The Hall–Kier alpha value is 0.517. The van der Waals surface area contributed by atoms with Crippen LogP contribution in [0.3, 0.4) is 0 Å². The van der Waals surface area contributed by atoms with Crippen LogP contribution >= 0.6 is 0 Å². The minimum atomic E-state index is 0. The van der Waals surface area contributed by atoms with Crippen molar-refractivity contribution in [3.63, 3.8) is 0 Å². The molecule has 0 spiro atoms. The summed E-state index contributed by atoms with van der Waals surface area (Å²) >= 11 is 0. The molecular weight excluding hydrogens is 155 g/mol. The quantitative estimate of drug-likeness (QED) is 0.425. The smallest absolute Gasteiger partial charge is 1.00 e. The minimum absolute atomic E-state index is 0. The SMILES string of the molecule is CC(C)(C)NCCNC(C)(C)C.[H-].[Li+]. The van der Waals surface area contributed by atoms with E-state index in [0.29, 0.717) is 0 Å². The second-order valence-corrected chi connectivity index (χ2v) is 5.35. The van der Waals surface area contributed by atoms with E-state index in [0.717, 1.165) is 13.1 Å². The summed E-state index contributed by atoms with van der Waals surface area (Å²) in [6.45, 7) is 15.2. The molecule has 3 heteroatoms. The zero-order valence-electron chi connectivity index (χ0n) is 11.4. The Balaban J connectivity index is -0.000000605. The molecule has 0 saturated heterocycles. The molecule has 0 amide bonds.